The molecule has 5 heteroatoms. The molecule has 108 valence electrons. The fraction of sp³-hybridized carbons (Fsp3) is 0.188. The van der Waals surface area contributed by atoms with Gasteiger partial charge in [0.05, 0.1) is 22.1 Å². The highest BCUT2D eigenvalue weighted by Crippen LogP contribution is 2.31. The smallest absolute Gasteiger partial charge is 0.132 e. The van der Waals surface area contributed by atoms with Crippen LogP contribution in [-0.4, -0.2) is 9.55 Å². The number of rotatable bonds is 2. The Morgan fingerprint density at radius 3 is 2.67 bits per heavy atom. The first-order valence-corrected chi connectivity index (χ1v) is 8.86. The molecule has 1 atom stereocenters. The van der Waals surface area contributed by atoms with Crippen molar-refractivity contribution in [2.75, 3.05) is 0 Å². The van der Waals surface area contributed by atoms with Crippen molar-refractivity contribution in [1.29, 1.82) is 0 Å². The van der Waals surface area contributed by atoms with Crippen molar-refractivity contribution >= 4 is 61.2 Å². The summed E-state index contributed by atoms with van der Waals surface area (Å²) in [4.78, 5) is 4.73. The Hall–Kier alpha value is -0.590. The monoisotopic (exact) mass is 474 g/mol. The summed E-state index contributed by atoms with van der Waals surface area (Å²) in [6.07, 6.45) is 0. The molecule has 0 fully saturated rings. The molecule has 0 aliphatic carbocycles. The van der Waals surface area contributed by atoms with Crippen LogP contribution in [-0.2, 0) is 0 Å². The number of nitrogens with zero attached hydrogens (tertiary/aromatic N) is 2. The molecule has 2 aromatic carbocycles. The molecule has 2 nitrogen and oxygen atoms in total. The van der Waals surface area contributed by atoms with E-state index in [1.54, 1.807) is 0 Å². The number of aryl methyl sites for hydroxylation is 1. The Morgan fingerprint density at radius 1 is 1.24 bits per heavy atom. The topological polar surface area (TPSA) is 17.8 Å². The molecule has 21 heavy (non-hydrogen) atoms. The van der Waals surface area contributed by atoms with E-state index in [-0.39, 0.29) is 5.38 Å². The van der Waals surface area contributed by atoms with E-state index < -0.39 is 0 Å². The lowest BCUT2D eigenvalue weighted by molar-refractivity contribution is 0.878. The number of benzene rings is 2. The van der Waals surface area contributed by atoms with Gasteiger partial charge in [-0.3, -0.25) is 4.57 Å². The van der Waals surface area contributed by atoms with E-state index in [2.05, 4.69) is 80.3 Å². The second-order valence-corrected chi connectivity index (χ2v) is 7.80. The zero-order valence-corrected chi connectivity index (χ0v) is 16.1. The molecule has 1 aromatic heterocycles. The molecule has 0 spiro atoms. The van der Waals surface area contributed by atoms with Crippen LogP contribution >= 0.6 is 50.1 Å². The SMILES string of the molecule is Cc1cc(Br)ccc1-n1c(C(C)Cl)nc2cc(I)ccc21. The van der Waals surface area contributed by atoms with Gasteiger partial charge < -0.3 is 0 Å². The Labute approximate surface area is 150 Å². The molecule has 0 saturated heterocycles. The Morgan fingerprint density at radius 2 is 2.00 bits per heavy atom. The summed E-state index contributed by atoms with van der Waals surface area (Å²) in [6.45, 7) is 4.06. The Kier molecular flexibility index (Phi) is 4.30. The van der Waals surface area contributed by atoms with Gasteiger partial charge in [0.2, 0.25) is 0 Å². The second-order valence-electron chi connectivity index (χ2n) is 4.99. The average molecular weight is 476 g/mol. The van der Waals surface area contributed by atoms with Crippen molar-refractivity contribution < 1.29 is 0 Å². The van der Waals surface area contributed by atoms with Gasteiger partial charge in [0, 0.05) is 8.04 Å². The minimum absolute atomic E-state index is 0.155. The quantitative estimate of drug-likeness (QED) is 0.328. The minimum atomic E-state index is -0.155. The number of hydrogen-bond acceptors (Lipinski definition) is 1. The van der Waals surface area contributed by atoms with Crippen LogP contribution in [0.5, 0.6) is 0 Å². The third-order valence-electron chi connectivity index (χ3n) is 3.40. The second kappa shape index (κ2) is 5.89. The van der Waals surface area contributed by atoms with Gasteiger partial charge in [-0.15, -0.1) is 11.6 Å². The highest BCUT2D eigenvalue weighted by atomic mass is 127. The maximum atomic E-state index is 6.36. The van der Waals surface area contributed by atoms with Crippen molar-refractivity contribution in [1.82, 2.24) is 9.55 Å². The van der Waals surface area contributed by atoms with Crippen LogP contribution in [0, 0.1) is 10.5 Å². The zero-order valence-electron chi connectivity index (χ0n) is 11.6. The van der Waals surface area contributed by atoms with Crippen LogP contribution in [0.2, 0.25) is 0 Å². The van der Waals surface area contributed by atoms with Crippen LogP contribution in [0.3, 0.4) is 0 Å². The summed E-state index contributed by atoms with van der Waals surface area (Å²) in [7, 11) is 0. The van der Waals surface area contributed by atoms with Crippen molar-refractivity contribution in [3.05, 3.63) is 55.8 Å². The maximum absolute atomic E-state index is 6.36. The number of halogens is 3. The summed E-state index contributed by atoms with van der Waals surface area (Å²) < 4.78 is 4.40. The lowest BCUT2D eigenvalue weighted by Gasteiger charge is -2.13. The largest absolute Gasteiger partial charge is 0.295 e. The lowest BCUT2D eigenvalue weighted by Crippen LogP contribution is -2.03. The standard InChI is InChI=1S/C16H13BrClIN2/c1-9-7-11(17)3-5-14(9)21-15-6-4-12(19)8-13(15)20-16(21)10(2)18/h3-8,10H,1-2H3. The fourth-order valence-corrected chi connectivity index (χ4v) is 3.56. The van der Waals surface area contributed by atoms with Gasteiger partial charge in [0.25, 0.3) is 0 Å². The third-order valence-corrected chi connectivity index (χ3v) is 4.76. The zero-order chi connectivity index (χ0) is 15.1. The summed E-state index contributed by atoms with van der Waals surface area (Å²) >= 11 is 12.2. The Balaban J connectivity index is 2.36. The Bertz CT molecular complexity index is 827. The van der Waals surface area contributed by atoms with Gasteiger partial charge >= 0.3 is 0 Å². The third kappa shape index (κ3) is 2.85. The van der Waals surface area contributed by atoms with E-state index in [0.29, 0.717) is 0 Å². The van der Waals surface area contributed by atoms with E-state index in [9.17, 15) is 0 Å². The maximum Gasteiger partial charge on any atom is 0.132 e. The molecule has 3 aromatic rings. The van der Waals surface area contributed by atoms with Crippen LogP contribution in [0.15, 0.2) is 40.9 Å². The molecule has 1 unspecified atom stereocenters. The molecule has 0 aliphatic heterocycles. The van der Waals surface area contributed by atoms with Gasteiger partial charge in [0.15, 0.2) is 0 Å². The highest BCUT2D eigenvalue weighted by Gasteiger charge is 2.17. The lowest BCUT2D eigenvalue weighted by atomic mass is 10.2. The van der Waals surface area contributed by atoms with Crippen LogP contribution in [0.1, 0.15) is 23.7 Å². The first kappa shape index (κ1) is 15.3. The molecular formula is C16H13BrClIN2. The number of aromatic nitrogens is 2. The predicted molar refractivity (Wildman–Crippen MR) is 100 cm³/mol. The molecule has 1 heterocycles. The van der Waals surface area contributed by atoms with E-state index in [4.69, 9.17) is 16.6 Å². The first-order valence-electron chi connectivity index (χ1n) is 6.56. The summed E-state index contributed by atoms with van der Waals surface area (Å²) in [5.74, 6) is 0.874. The van der Waals surface area contributed by atoms with Gasteiger partial charge in [-0.1, -0.05) is 15.9 Å². The van der Waals surface area contributed by atoms with Gasteiger partial charge in [-0.2, -0.15) is 0 Å². The van der Waals surface area contributed by atoms with Crippen LogP contribution < -0.4 is 0 Å². The first-order chi connectivity index (χ1) is 9.97. The molecule has 0 radical (unpaired) electrons. The van der Waals surface area contributed by atoms with Crippen LogP contribution in [0.4, 0.5) is 0 Å². The van der Waals surface area contributed by atoms with E-state index in [0.717, 1.165) is 27.0 Å². The normalized spacial score (nSPS) is 12.8. The van der Waals surface area contributed by atoms with E-state index in [1.807, 2.05) is 13.0 Å². The minimum Gasteiger partial charge on any atom is -0.295 e. The molecule has 0 N–H and O–H groups in total. The average Bonchev–Trinajstić information content (AvgIpc) is 2.77. The highest BCUT2D eigenvalue weighted by molar-refractivity contribution is 14.1. The number of fused-ring (bicyclic) bond motifs is 1. The van der Waals surface area contributed by atoms with Gasteiger partial charge in [-0.25, -0.2) is 4.98 Å². The van der Waals surface area contributed by atoms with Gasteiger partial charge in [-0.05, 0) is 78.4 Å². The predicted octanol–water partition coefficient (Wildman–Crippen LogP) is 6.00. The summed E-state index contributed by atoms with van der Waals surface area (Å²) in [6, 6.07) is 12.5. The molecule has 3 rings (SSSR count). The fourth-order valence-electron chi connectivity index (χ4n) is 2.46. The summed E-state index contributed by atoms with van der Waals surface area (Å²) in [5.41, 5.74) is 4.36. The number of alkyl halides is 1. The molecule has 0 bridgehead atoms. The van der Waals surface area contributed by atoms with Crippen molar-refractivity contribution in [3.63, 3.8) is 0 Å². The molecule has 0 aliphatic rings. The van der Waals surface area contributed by atoms with Crippen molar-refractivity contribution in [3.8, 4) is 5.69 Å². The number of imidazole rings is 1. The van der Waals surface area contributed by atoms with E-state index in [1.165, 1.54) is 9.13 Å². The van der Waals surface area contributed by atoms with E-state index >= 15 is 0 Å². The molecular weight excluding hydrogens is 462 g/mol. The molecule has 0 saturated carbocycles. The van der Waals surface area contributed by atoms with Crippen molar-refractivity contribution in [2.45, 2.75) is 19.2 Å². The molecule has 0 amide bonds. The van der Waals surface area contributed by atoms with Crippen LogP contribution in [0.25, 0.3) is 16.7 Å². The number of hydrogen-bond donors (Lipinski definition) is 0. The van der Waals surface area contributed by atoms with Crippen molar-refractivity contribution in [2.24, 2.45) is 0 Å². The van der Waals surface area contributed by atoms with Gasteiger partial charge in [0.1, 0.15) is 5.82 Å². The summed E-state index contributed by atoms with van der Waals surface area (Å²) in [5, 5.41) is -0.155.